The second-order valence-corrected chi connectivity index (χ2v) is 11.4. The highest BCUT2D eigenvalue weighted by molar-refractivity contribution is 7.92. The fraction of sp³-hybridized carbons (Fsp3) is 0.458. The van der Waals surface area contributed by atoms with E-state index in [2.05, 4.69) is 5.32 Å². The summed E-state index contributed by atoms with van der Waals surface area (Å²) in [6.45, 7) is -0.300. The van der Waals surface area contributed by atoms with Crippen molar-refractivity contribution in [2.45, 2.75) is 49.0 Å². The van der Waals surface area contributed by atoms with Crippen molar-refractivity contribution in [1.29, 1.82) is 0 Å². The van der Waals surface area contributed by atoms with Crippen LogP contribution < -0.4 is 9.62 Å². The van der Waals surface area contributed by atoms with Gasteiger partial charge in [0, 0.05) is 5.54 Å². The van der Waals surface area contributed by atoms with Crippen LogP contribution in [0.4, 0.5) is 10.1 Å². The Kier molecular flexibility index (Phi) is 5.04. The molecule has 0 atom stereocenters. The largest absolute Gasteiger partial charge is 0.349 e. The summed E-state index contributed by atoms with van der Waals surface area (Å²) in [7, 11) is -4.03. The lowest BCUT2D eigenvalue weighted by Gasteiger charge is -2.57. The van der Waals surface area contributed by atoms with Gasteiger partial charge in [-0.05, 0) is 92.7 Å². The first kappa shape index (κ1) is 20.5. The summed E-state index contributed by atoms with van der Waals surface area (Å²) in [5.41, 5.74) is 0.223. The zero-order valence-corrected chi connectivity index (χ0v) is 18.2. The minimum atomic E-state index is -4.03. The van der Waals surface area contributed by atoms with Gasteiger partial charge in [0.15, 0.2) is 0 Å². The number of para-hydroxylation sites is 1. The summed E-state index contributed by atoms with van der Waals surface area (Å²) in [4.78, 5) is 13.1. The van der Waals surface area contributed by atoms with E-state index in [1.54, 1.807) is 30.3 Å². The lowest BCUT2D eigenvalue weighted by atomic mass is 9.53. The Morgan fingerprint density at radius 2 is 1.48 bits per heavy atom. The number of hydrogen-bond acceptors (Lipinski definition) is 3. The third-order valence-electron chi connectivity index (χ3n) is 7.18. The van der Waals surface area contributed by atoms with Gasteiger partial charge in [-0.1, -0.05) is 18.2 Å². The van der Waals surface area contributed by atoms with Crippen LogP contribution in [0.15, 0.2) is 59.5 Å². The number of carbonyl (C=O) groups excluding carboxylic acids is 1. The summed E-state index contributed by atoms with van der Waals surface area (Å²) in [5.74, 6) is 1.25. The predicted octanol–water partition coefficient (Wildman–Crippen LogP) is 4.11. The average molecular weight is 443 g/mol. The van der Waals surface area contributed by atoms with Gasteiger partial charge in [-0.25, -0.2) is 12.8 Å². The van der Waals surface area contributed by atoms with Gasteiger partial charge in [-0.3, -0.25) is 9.10 Å². The smallest absolute Gasteiger partial charge is 0.264 e. The molecule has 1 N–H and O–H groups in total. The summed E-state index contributed by atoms with van der Waals surface area (Å²) in [6, 6.07) is 13.3. The van der Waals surface area contributed by atoms with E-state index in [0.717, 1.165) is 35.7 Å². The van der Waals surface area contributed by atoms with E-state index in [0.29, 0.717) is 23.4 Å². The Morgan fingerprint density at radius 1 is 0.935 bits per heavy atom. The number of benzene rings is 2. The molecule has 31 heavy (non-hydrogen) atoms. The van der Waals surface area contributed by atoms with Crippen molar-refractivity contribution in [3.8, 4) is 0 Å². The molecule has 0 unspecified atom stereocenters. The van der Waals surface area contributed by atoms with E-state index >= 15 is 0 Å². The molecule has 0 spiro atoms. The quantitative estimate of drug-likeness (QED) is 0.732. The lowest BCUT2D eigenvalue weighted by molar-refractivity contribution is -0.125. The average Bonchev–Trinajstić information content (AvgIpc) is 2.71. The first-order chi connectivity index (χ1) is 14.8. The van der Waals surface area contributed by atoms with Crippen LogP contribution >= 0.6 is 0 Å². The molecule has 0 saturated heterocycles. The molecule has 4 fully saturated rings. The molecule has 0 radical (unpaired) electrons. The summed E-state index contributed by atoms with van der Waals surface area (Å²) in [6.07, 6.45) is 6.81. The highest BCUT2D eigenvalue weighted by Gasteiger charge is 2.51. The van der Waals surface area contributed by atoms with Crippen molar-refractivity contribution in [1.82, 2.24) is 5.32 Å². The van der Waals surface area contributed by atoms with Crippen LogP contribution in [0.25, 0.3) is 0 Å². The fourth-order valence-electron chi connectivity index (χ4n) is 6.37. The molecular formula is C24H27FN2O3S. The van der Waals surface area contributed by atoms with Crippen molar-refractivity contribution in [2.75, 3.05) is 10.8 Å². The number of nitrogens with one attached hydrogen (secondary N) is 1. The number of halogens is 1. The molecule has 164 valence electrons. The summed E-state index contributed by atoms with van der Waals surface area (Å²) in [5, 5.41) is 3.25. The molecular weight excluding hydrogens is 415 g/mol. The number of anilines is 1. The molecule has 4 aliphatic carbocycles. The van der Waals surface area contributed by atoms with Gasteiger partial charge in [0.25, 0.3) is 10.0 Å². The molecule has 0 heterocycles. The Bertz CT molecular complexity index is 1030. The van der Waals surface area contributed by atoms with Crippen LogP contribution in [0.5, 0.6) is 0 Å². The van der Waals surface area contributed by atoms with Gasteiger partial charge in [-0.2, -0.15) is 0 Å². The minimum Gasteiger partial charge on any atom is -0.349 e. The second kappa shape index (κ2) is 7.62. The topological polar surface area (TPSA) is 66.5 Å². The molecule has 2 aromatic carbocycles. The summed E-state index contributed by atoms with van der Waals surface area (Å²) >= 11 is 0. The van der Waals surface area contributed by atoms with E-state index in [1.165, 1.54) is 31.4 Å². The van der Waals surface area contributed by atoms with Gasteiger partial charge in [-0.15, -0.1) is 0 Å². The predicted molar refractivity (Wildman–Crippen MR) is 116 cm³/mol. The third kappa shape index (κ3) is 3.95. The lowest BCUT2D eigenvalue weighted by Crippen LogP contribution is -2.61. The molecule has 5 nitrogen and oxygen atoms in total. The molecule has 0 aliphatic heterocycles. The molecule has 4 aliphatic rings. The normalized spacial score (nSPS) is 29.0. The highest BCUT2D eigenvalue weighted by atomic mass is 32.2. The van der Waals surface area contributed by atoms with Crippen molar-refractivity contribution >= 4 is 21.6 Å². The zero-order valence-electron chi connectivity index (χ0n) is 17.3. The monoisotopic (exact) mass is 442 g/mol. The van der Waals surface area contributed by atoms with E-state index < -0.39 is 15.8 Å². The Balaban J connectivity index is 1.40. The van der Waals surface area contributed by atoms with Gasteiger partial charge in [0.2, 0.25) is 5.91 Å². The zero-order chi connectivity index (χ0) is 21.6. The Labute approximate surface area is 182 Å². The van der Waals surface area contributed by atoms with Gasteiger partial charge in [0.05, 0.1) is 10.6 Å². The van der Waals surface area contributed by atoms with Crippen LogP contribution in [-0.2, 0) is 14.8 Å². The SMILES string of the molecule is O=C(CN(c1ccccc1)S(=O)(=O)c1ccc(F)cc1)NC12CC3CC(CC(C3)C1)C2. The third-order valence-corrected chi connectivity index (χ3v) is 8.96. The first-order valence-electron chi connectivity index (χ1n) is 11.0. The number of hydrogen-bond donors (Lipinski definition) is 1. The van der Waals surface area contributed by atoms with Gasteiger partial charge in [0.1, 0.15) is 12.4 Å². The number of amides is 1. The number of nitrogens with zero attached hydrogens (tertiary/aromatic N) is 1. The Morgan fingerprint density at radius 3 is 2.03 bits per heavy atom. The van der Waals surface area contributed by atoms with E-state index in [9.17, 15) is 17.6 Å². The fourth-order valence-corrected chi connectivity index (χ4v) is 7.79. The second-order valence-electron chi connectivity index (χ2n) is 9.55. The number of sulfonamides is 1. The maximum absolute atomic E-state index is 13.4. The minimum absolute atomic E-state index is 0.0413. The molecule has 4 saturated carbocycles. The van der Waals surface area contributed by atoms with Crippen LogP contribution in [0.3, 0.4) is 0 Å². The molecule has 7 heteroatoms. The molecule has 0 aromatic heterocycles. The number of rotatable bonds is 6. The van der Waals surface area contributed by atoms with E-state index in [-0.39, 0.29) is 22.9 Å². The van der Waals surface area contributed by atoms with Crippen LogP contribution in [0, 0.1) is 23.6 Å². The van der Waals surface area contributed by atoms with Crippen molar-refractivity contribution in [3.05, 3.63) is 60.4 Å². The summed E-state index contributed by atoms with van der Waals surface area (Å²) < 4.78 is 41.2. The number of carbonyl (C=O) groups is 1. The Hall–Kier alpha value is -2.41. The molecule has 2 aromatic rings. The van der Waals surface area contributed by atoms with Crippen LogP contribution in [0.2, 0.25) is 0 Å². The van der Waals surface area contributed by atoms with Crippen LogP contribution in [-0.4, -0.2) is 26.4 Å². The molecule has 1 amide bonds. The molecule has 4 bridgehead atoms. The first-order valence-corrected chi connectivity index (χ1v) is 12.4. The maximum atomic E-state index is 13.4. The van der Waals surface area contributed by atoms with E-state index in [1.807, 2.05) is 0 Å². The van der Waals surface area contributed by atoms with Gasteiger partial charge >= 0.3 is 0 Å². The highest BCUT2D eigenvalue weighted by Crippen LogP contribution is 2.55. The molecule has 6 rings (SSSR count). The standard InChI is InChI=1S/C24H27FN2O3S/c25-20-6-8-22(9-7-20)31(29,30)27(21-4-2-1-3-5-21)16-23(28)26-24-13-17-10-18(14-24)12-19(11-17)15-24/h1-9,17-19H,10-16H2,(H,26,28). The van der Waals surface area contributed by atoms with E-state index in [4.69, 9.17) is 0 Å². The van der Waals surface area contributed by atoms with Crippen LogP contribution in [0.1, 0.15) is 38.5 Å². The van der Waals surface area contributed by atoms with Crippen molar-refractivity contribution < 1.29 is 17.6 Å². The maximum Gasteiger partial charge on any atom is 0.264 e. The van der Waals surface area contributed by atoms with Gasteiger partial charge < -0.3 is 5.32 Å². The van der Waals surface area contributed by atoms with Crippen molar-refractivity contribution in [2.24, 2.45) is 17.8 Å². The van der Waals surface area contributed by atoms with Crippen molar-refractivity contribution in [3.63, 3.8) is 0 Å².